The van der Waals surface area contributed by atoms with Crippen molar-refractivity contribution in [1.29, 1.82) is 0 Å². The van der Waals surface area contributed by atoms with Gasteiger partial charge >= 0.3 is 5.97 Å². The first-order valence-electron chi connectivity index (χ1n) is 5.65. The van der Waals surface area contributed by atoms with Crippen molar-refractivity contribution in [2.75, 3.05) is 32.7 Å². The highest BCUT2D eigenvalue weighted by molar-refractivity contribution is 5.69. The summed E-state index contributed by atoms with van der Waals surface area (Å²) in [6, 6.07) is 1.91. The molecule has 1 aromatic heterocycles. The van der Waals surface area contributed by atoms with Gasteiger partial charge < -0.3 is 5.11 Å². The standard InChI is InChI=1S/C11H16N4O2/c16-11(17)8-15-5-3-14(4-6-15)7-10-1-2-12-9-13-10/h1-2,9H,3-8H2,(H,16,17). The number of rotatable bonds is 4. The fourth-order valence-electron chi connectivity index (χ4n) is 1.94. The van der Waals surface area contributed by atoms with E-state index in [9.17, 15) is 4.79 Å². The molecule has 1 N–H and O–H groups in total. The maximum Gasteiger partial charge on any atom is 0.317 e. The zero-order valence-electron chi connectivity index (χ0n) is 9.62. The van der Waals surface area contributed by atoms with E-state index in [2.05, 4.69) is 14.9 Å². The number of hydrogen-bond donors (Lipinski definition) is 1. The molecule has 0 unspecified atom stereocenters. The summed E-state index contributed by atoms with van der Waals surface area (Å²) >= 11 is 0. The summed E-state index contributed by atoms with van der Waals surface area (Å²) in [4.78, 5) is 22.9. The van der Waals surface area contributed by atoms with Crippen molar-refractivity contribution in [1.82, 2.24) is 19.8 Å². The molecule has 1 aliphatic rings. The number of nitrogens with zero attached hydrogens (tertiary/aromatic N) is 4. The van der Waals surface area contributed by atoms with Crippen LogP contribution in [-0.4, -0.2) is 63.6 Å². The van der Waals surface area contributed by atoms with Crippen molar-refractivity contribution in [3.63, 3.8) is 0 Å². The topological polar surface area (TPSA) is 69.6 Å². The van der Waals surface area contributed by atoms with Crippen molar-refractivity contribution in [2.45, 2.75) is 6.54 Å². The number of carboxylic acid groups (broad SMARTS) is 1. The summed E-state index contributed by atoms with van der Waals surface area (Å²) in [6.45, 7) is 4.33. The number of carboxylic acids is 1. The van der Waals surface area contributed by atoms with E-state index >= 15 is 0 Å². The average Bonchev–Trinajstić information content (AvgIpc) is 2.32. The Morgan fingerprint density at radius 1 is 1.29 bits per heavy atom. The van der Waals surface area contributed by atoms with E-state index < -0.39 is 5.97 Å². The minimum Gasteiger partial charge on any atom is -0.480 e. The molecule has 0 bridgehead atoms. The molecule has 1 aliphatic heterocycles. The van der Waals surface area contributed by atoms with E-state index in [0.717, 1.165) is 38.4 Å². The average molecular weight is 236 g/mol. The maximum absolute atomic E-state index is 10.6. The molecule has 1 fully saturated rings. The highest BCUT2D eigenvalue weighted by atomic mass is 16.4. The van der Waals surface area contributed by atoms with Crippen LogP contribution in [0.3, 0.4) is 0 Å². The van der Waals surface area contributed by atoms with Crippen LogP contribution < -0.4 is 0 Å². The highest BCUT2D eigenvalue weighted by Gasteiger charge is 2.18. The lowest BCUT2D eigenvalue weighted by atomic mass is 10.3. The van der Waals surface area contributed by atoms with Gasteiger partial charge in [0.15, 0.2) is 0 Å². The second-order valence-corrected chi connectivity index (χ2v) is 4.15. The number of aromatic nitrogens is 2. The van der Waals surface area contributed by atoms with Gasteiger partial charge in [-0.1, -0.05) is 0 Å². The minimum atomic E-state index is -0.755. The van der Waals surface area contributed by atoms with Crippen LogP contribution in [0, 0.1) is 0 Å². The normalized spacial score (nSPS) is 18.1. The van der Waals surface area contributed by atoms with Crippen LogP contribution in [-0.2, 0) is 11.3 Å². The van der Waals surface area contributed by atoms with Crippen LogP contribution in [0.4, 0.5) is 0 Å². The van der Waals surface area contributed by atoms with Crippen LogP contribution >= 0.6 is 0 Å². The molecule has 0 saturated carbocycles. The van der Waals surface area contributed by atoms with Gasteiger partial charge in [-0.05, 0) is 6.07 Å². The summed E-state index contributed by atoms with van der Waals surface area (Å²) in [7, 11) is 0. The first kappa shape index (κ1) is 11.9. The molecule has 17 heavy (non-hydrogen) atoms. The number of piperazine rings is 1. The lowest BCUT2D eigenvalue weighted by Crippen LogP contribution is -2.47. The molecule has 0 atom stereocenters. The van der Waals surface area contributed by atoms with Gasteiger partial charge in [0.25, 0.3) is 0 Å². The first-order valence-corrected chi connectivity index (χ1v) is 5.65. The lowest BCUT2D eigenvalue weighted by Gasteiger charge is -2.33. The van der Waals surface area contributed by atoms with Gasteiger partial charge in [-0.25, -0.2) is 9.97 Å². The van der Waals surface area contributed by atoms with E-state index in [1.807, 2.05) is 11.0 Å². The van der Waals surface area contributed by atoms with Gasteiger partial charge in [0.2, 0.25) is 0 Å². The summed E-state index contributed by atoms with van der Waals surface area (Å²) < 4.78 is 0. The quantitative estimate of drug-likeness (QED) is 0.772. The monoisotopic (exact) mass is 236 g/mol. The zero-order chi connectivity index (χ0) is 12.1. The molecule has 0 aliphatic carbocycles. The summed E-state index contributed by atoms with van der Waals surface area (Å²) in [5.41, 5.74) is 1.01. The van der Waals surface area contributed by atoms with Gasteiger partial charge in [0.05, 0.1) is 12.2 Å². The van der Waals surface area contributed by atoms with Gasteiger partial charge in [-0.15, -0.1) is 0 Å². The zero-order valence-corrected chi connectivity index (χ0v) is 9.62. The third-order valence-electron chi connectivity index (χ3n) is 2.85. The summed E-state index contributed by atoms with van der Waals surface area (Å²) in [6.07, 6.45) is 3.29. The SMILES string of the molecule is O=C(O)CN1CCN(Cc2ccncn2)CC1. The minimum absolute atomic E-state index is 0.140. The molecule has 1 saturated heterocycles. The highest BCUT2D eigenvalue weighted by Crippen LogP contribution is 2.05. The number of hydrogen-bond acceptors (Lipinski definition) is 5. The smallest absolute Gasteiger partial charge is 0.317 e. The van der Waals surface area contributed by atoms with Gasteiger partial charge in [0, 0.05) is 38.9 Å². The Labute approximate surface area is 99.9 Å². The van der Waals surface area contributed by atoms with Crippen LogP contribution in [0.15, 0.2) is 18.6 Å². The molecular formula is C11H16N4O2. The van der Waals surface area contributed by atoms with Crippen LogP contribution in [0.1, 0.15) is 5.69 Å². The summed E-state index contributed by atoms with van der Waals surface area (Å²) in [5.74, 6) is -0.755. The first-order chi connectivity index (χ1) is 8.24. The molecule has 0 radical (unpaired) electrons. The van der Waals surface area contributed by atoms with Crippen molar-refractivity contribution < 1.29 is 9.90 Å². The third kappa shape index (κ3) is 3.76. The molecular weight excluding hydrogens is 220 g/mol. The van der Waals surface area contributed by atoms with E-state index in [1.54, 1.807) is 12.5 Å². The molecule has 0 amide bonds. The van der Waals surface area contributed by atoms with E-state index in [-0.39, 0.29) is 6.54 Å². The number of aliphatic carboxylic acids is 1. The Morgan fingerprint density at radius 3 is 2.59 bits per heavy atom. The van der Waals surface area contributed by atoms with E-state index in [0.29, 0.717) is 0 Å². The van der Waals surface area contributed by atoms with Crippen molar-refractivity contribution >= 4 is 5.97 Å². The Bertz CT molecular complexity index is 363. The molecule has 0 spiro atoms. The van der Waals surface area contributed by atoms with Crippen molar-refractivity contribution in [2.24, 2.45) is 0 Å². The lowest BCUT2D eigenvalue weighted by molar-refractivity contribution is -0.138. The van der Waals surface area contributed by atoms with E-state index in [1.165, 1.54) is 0 Å². The van der Waals surface area contributed by atoms with E-state index in [4.69, 9.17) is 5.11 Å². The third-order valence-corrected chi connectivity index (χ3v) is 2.85. The fourth-order valence-corrected chi connectivity index (χ4v) is 1.94. The Hall–Kier alpha value is -1.53. The second-order valence-electron chi connectivity index (χ2n) is 4.15. The van der Waals surface area contributed by atoms with Crippen LogP contribution in [0.25, 0.3) is 0 Å². The Balaban J connectivity index is 1.78. The maximum atomic E-state index is 10.6. The Kier molecular flexibility index (Phi) is 4.00. The number of carbonyl (C=O) groups is 1. The van der Waals surface area contributed by atoms with Crippen molar-refractivity contribution in [3.8, 4) is 0 Å². The predicted molar refractivity (Wildman–Crippen MR) is 61.4 cm³/mol. The predicted octanol–water partition coefficient (Wildman–Crippen LogP) is -0.321. The molecule has 2 rings (SSSR count). The second kappa shape index (κ2) is 5.70. The summed E-state index contributed by atoms with van der Waals surface area (Å²) in [5, 5.41) is 8.69. The van der Waals surface area contributed by atoms with Crippen molar-refractivity contribution in [3.05, 3.63) is 24.3 Å². The molecule has 0 aromatic carbocycles. The molecule has 2 heterocycles. The van der Waals surface area contributed by atoms with Crippen LogP contribution in [0.2, 0.25) is 0 Å². The fraction of sp³-hybridized carbons (Fsp3) is 0.545. The molecule has 6 nitrogen and oxygen atoms in total. The molecule has 1 aromatic rings. The molecule has 6 heteroatoms. The van der Waals surface area contributed by atoms with Gasteiger partial charge in [-0.2, -0.15) is 0 Å². The van der Waals surface area contributed by atoms with Gasteiger partial charge in [-0.3, -0.25) is 14.6 Å². The largest absolute Gasteiger partial charge is 0.480 e. The van der Waals surface area contributed by atoms with Crippen LogP contribution in [0.5, 0.6) is 0 Å². The van der Waals surface area contributed by atoms with Gasteiger partial charge in [0.1, 0.15) is 6.33 Å². The molecule has 92 valence electrons. The Morgan fingerprint density at radius 2 is 2.00 bits per heavy atom.